The zero-order valence-corrected chi connectivity index (χ0v) is 14.9. The number of carbonyl (C=O) groups is 1. The number of hydrogen-bond donors (Lipinski definition) is 1. The van der Waals surface area contributed by atoms with Gasteiger partial charge in [-0.05, 0) is 36.8 Å². The molecule has 1 aliphatic heterocycles. The number of amides is 1. The first-order chi connectivity index (χ1) is 10.6. The lowest BCUT2D eigenvalue weighted by Gasteiger charge is -2.18. The summed E-state index contributed by atoms with van der Waals surface area (Å²) in [5.74, 6) is 0.835. The minimum Gasteiger partial charge on any atom is -0.358 e. The highest BCUT2D eigenvalue weighted by atomic mass is 32.2. The van der Waals surface area contributed by atoms with E-state index in [0.717, 1.165) is 29.5 Å². The van der Waals surface area contributed by atoms with Crippen molar-refractivity contribution in [1.29, 1.82) is 0 Å². The van der Waals surface area contributed by atoms with E-state index in [1.165, 1.54) is 30.2 Å². The summed E-state index contributed by atoms with van der Waals surface area (Å²) in [6, 6.07) is 8.05. The normalized spacial score (nSPS) is 15.6. The molecule has 1 aromatic rings. The van der Waals surface area contributed by atoms with E-state index in [9.17, 15) is 4.79 Å². The van der Waals surface area contributed by atoms with Crippen LogP contribution in [0.3, 0.4) is 0 Å². The molecule has 2 rings (SSSR count). The van der Waals surface area contributed by atoms with Gasteiger partial charge in [-0.15, -0.1) is 0 Å². The van der Waals surface area contributed by atoms with Crippen LogP contribution in [0.4, 0.5) is 5.69 Å². The number of thioether (sulfide) groups is 1. The maximum Gasteiger partial charge on any atom is 0.234 e. The monoisotopic (exact) mass is 336 g/mol. The van der Waals surface area contributed by atoms with E-state index in [1.807, 2.05) is 18.2 Å². The standard InChI is InChI=1S/C17H24N2OS2/c1-3-13(2)14-8-4-5-9-15(14)18-16(20)12-22-17(21)19-10-6-7-11-19/h4-5,8-9,13H,3,6-7,10-12H2,1-2H3,(H,18,20)/t13-/m1/s1. The predicted octanol–water partition coefficient (Wildman–Crippen LogP) is 4.25. The Bertz CT molecular complexity index is 527. The molecule has 1 atom stereocenters. The molecule has 1 amide bonds. The van der Waals surface area contributed by atoms with Crippen LogP contribution in [0.5, 0.6) is 0 Å². The number of nitrogens with one attached hydrogen (secondary N) is 1. The van der Waals surface area contributed by atoms with Gasteiger partial charge in [0.1, 0.15) is 4.32 Å². The zero-order valence-electron chi connectivity index (χ0n) is 13.3. The van der Waals surface area contributed by atoms with Crippen molar-refractivity contribution in [1.82, 2.24) is 4.90 Å². The van der Waals surface area contributed by atoms with Gasteiger partial charge in [-0.3, -0.25) is 4.79 Å². The topological polar surface area (TPSA) is 32.3 Å². The second kappa shape index (κ2) is 8.53. The van der Waals surface area contributed by atoms with Crippen LogP contribution < -0.4 is 5.32 Å². The number of likely N-dealkylation sites (tertiary alicyclic amines) is 1. The van der Waals surface area contributed by atoms with E-state index in [-0.39, 0.29) is 5.91 Å². The van der Waals surface area contributed by atoms with Crippen LogP contribution in [0.2, 0.25) is 0 Å². The summed E-state index contributed by atoms with van der Waals surface area (Å²) in [4.78, 5) is 14.4. The number of para-hydroxylation sites is 1. The predicted molar refractivity (Wildman–Crippen MR) is 99.6 cm³/mol. The Labute approximate surface area is 142 Å². The fraction of sp³-hybridized carbons (Fsp3) is 0.529. The molecular formula is C17H24N2OS2. The molecular weight excluding hydrogens is 312 g/mol. The SMILES string of the molecule is CC[C@@H](C)c1ccccc1NC(=O)CSC(=S)N1CCCC1. The lowest BCUT2D eigenvalue weighted by molar-refractivity contribution is -0.113. The van der Waals surface area contributed by atoms with Crippen LogP contribution in [0.25, 0.3) is 0 Å². The Morgan fingerprint density at radius 1 is 1.36 bits per heavy atom. The first-order valence-electron chi connectivity index (χ1n) is 7.92. The Morgan fingerprint density at radius 2 is 2.05 bits per heavy atom. The Kier molecular flexibility index (Phi) is 6.70. The van der Waals surface area contributed by atoms with Gasteiger partial charge in [0.25, 0.3) is 0 Å². The van der Waals surface area contributed by atoms with E-state index in [1.54, 1.807) is 0 Å². The van der Waals surface area contributed by atoms with Crippen LogP contribution in [-0.4, -0.2) is 34.0 Å². The van der Waals surface area contributed by atoms with Crippen molar-refractivity contribution in [2.45, 2.75) is 39.0 Å². The molecule has 120 valence electrons. The van der Waals surface area contributed by atoms with E-state index in [4.69, 9.17) is 12.2 Å². The smallest absolute Gasteiger partial charge is 0.234 e. The number of thiocarbonyl (C=S) groups is 1. The number of benzene rings is 1. The summed E-state index contributed by atoms with van der Waals surface area (Å²) in [7, 11) is 0. The van der Waals surface area contributed by atoms with Gasteiger partial charge in [-0.25, -0.2) is 0 Å². The van der Waals surface area contributed by atoms with E-state index >= 15 is 0 Å². The maximum atomic E-state index is 12.2. The van der Waals surface area contributed by atoms with Crippen molar-refractivity contribution in [2.75, 3.05) is 24.2 Å². The van der Waals surface area contributed by atoms with Gasteiger partial charge < -0.3 is 10.2 Å². The highest BCUT2D eigenvalue weighted by Gasteiger charge is 2.17. The molecule has 0 unspecified atom stereocenters. The van der Waals surface area contributed by atoms with E-state index < -0.39 is 0 Å². The van der Waals surface area contributed by atoms with E-state index in [2.05, 4.69) is 30.1 Å². The van der Waals surface area contributed by atoms with Crippen molar-refractivity contribution < 1.29 is 4.79 Å². The van der Waals surface area contributed by atoms with Gasteiger partial charge in [-0.2, -0.15) is 0 Å². The van der Waals surface area contributed by atoms with Crippen molar-refractivity contribution >= 4 is 39.9 Å². The van der Waals surface area contributed by atoms with Gasteiger partial charge in [0.2, 0.25) is 5.91 Å². The highest BCUT2D eigenvalue weighted by Crippen LogP contribution is 2.26. The Hall–Kier alpha value is -1.07. The number of nitrogens with zero attached hydrogens (tertiary/aromatic N) is 1. The van der Waals surface area contributed by atoms with Crippen molar-refractivity contribution in [2.24, 2.45) is 0 Å². The first-order valence-corrected chi connectivity index (χ1v) is 9.31. The highest BCUT2D eigenvalue weighted by molar-refractivity contribution is 8.23. The molecule has 0 saturated carbocycles. The van der Waals surface area contributed by atoms with Crippen molar-refractivity contribution in [3.63, 3.8) is 0 Å². The number of rotatable bonds is 5. The fourth-order valence-corrected chi connectivity index (χ4v) is 3.62. The number of carbonyl (C=O) groups excluding carboxylic acids is 1. The van der Waals surface area contributed by atoms with Gasteiger partial charge in [0.05, 0.1) is 5.75 Å². The molecule has 5 heteroatoms. The molecule has 1 heterocycles. The number of hydrogen-bond acceptors (Lipinski definition) is 3. The molecule has 22 heavy (non-hydrogen) atoms. The maximum absolute atomic E-state index is 12.2. The van der Waals surface area contributed by atoms with Crippen LogP contribution >= 0.6 is 24.0 Å². The minimum absolute atomic E-state index is 0.0160. The van der Waals surface area contributed by atoms with Gasteiger partial charge in [0.15, 0.2) is 0 Å². The molecule has 1 aromatic carbocycles. The second-order valence-electron chi connectivity index (χ2n) is 5.69. The lowest BCUT2D eigenvalue weighted by Crippen LogP contribution is -2.25. The zero-order chi connectivity index (χ0) is 15.9. The quantitative estimate of drug-likeness (QED) is 0.815. The largest absolute Gasteiger partial charge is 0.358 e. The van der Waals surface area contributed by atoms with Crippen molar-refractivity contribution in [3.05, 3.63) is 29.8 Å². The summed E-state index contributed by atoms with van der Waals surface area (Å²) in [6.07, 6.45) is 3.46. The molecule has 1 saturated heterocycles. The first kappa shape index (κ1) is 17.3. The Balaban J connectivity index is 1.88. The summed E-state index contributed by atoms with van der Waals surface area (Å²) in [5.41, 5.74) is 2.13. The third-order valence-corrected chi connectivity index (χ3v) is 5.59. The molecule has 3 nitrogen and oxygen atoms in total. The summed E-state index contributed by atoms with van der Waals surface area (Å²) in [5, 5.41) is 3.03. The van der Waals surface area contributed by atoms with Crippen LogP contribution in [-0.2, 0) is 4.79 Å². The van der Waals surface area contributed by atoms with Crippen molar-refractivity contribution in [3.8, 4) is 0 Å². The average Bonchev–Trinajstić information content (AvgIpc) is 3.07. The second-order valence-corrected chi connectivity index (χ2v) is 7.30. The molecule has 0 bridgehead atoms. The van der Waals surface area contributed by atoms with Crippen LogP contribution in [0.1, 0.15) is 44.6 Å². The summed E-state index contributed by atoms with van der Waals surface area (Å²) in [6.45, 7) is 6.41. The lowest BCUT2D eigenvalue weighted by atomic mass is 9.97. The van der Waals surface area contributed by atoms with E-state index in [0.29, 0.717) is 11.7 Å². The Morgan fingerprint density at radius 3 is 2.73 bits per heavy atom. The van der Waals surface area contributed by atoms with Crippen LogP contribution in [0, 0.1) is 0 Å². The summed E-state index contributed by atoms with van der Waals surface area (Å²) < 4.78 is 0.850. The molecule has 0 aliphatic carbocycles. The third-order valence-electron chi connectivity index (χ3n) is 4.07. The third kappa shape index (κ3) is 4.71. The van der Waals surface area contributed by atoms with Crippen LogP contribution in [0.15, 0.2) is 24.3 Å². The minimum atomic E-state index is 0.0160. The van der Waals surface area contributed by atoms with Gasteiger partial charge in [0, 0.05) is 18.8 Å². The molecule has 0 aromatic heterocycles. The van der Waals surface area contributed by atoms with Gasteiger partial charge in [-0.1, -0.05) is 56.0 Å². The molecule has 0 spiro atoms. The molecule has 0 radical (unpaired) electrons. The van der Waals surface area contributed by atoms with Gasteiger partial charge >= 0.3 is 0 Å². The summed E-state index contributed by atoms with van der Waals surface area (Å²) >= 11 is 6.86. The number of anilines is 1. The molecule has 1 N–H and O–H groups in total. The average molecular weight is 337 g/mol. The molecule has 1 fully saturated rings. The fourth-order valence-electron chi connectivity index (χ4n) is 2.57. The molecule has 1 aliphatic rings.